The first-order valence-corrected chi connectivity index (χ1v) is 6.75. The van der Waals surface area contributed by atoms with E-state index in [1.54, 1.807) is 20.8 Å². The van der Waals surface area contributed by atoms with Gasteiger partial charge in [-0.2, -0.15) is 0 Å². The molecule has 8 heteroatoms. The molecule has 1 rings (SSSR count). The van der Waals surface area contributed by atoms with Crippen molar-refractivity contribution < 1.29 is 23.9 Å². The van der Waals surface area contributed by atoms with Gasteiger partial charge in [0.1, 0.15) is 5.60 Å². The Morgan fingerprint density at radius 1 is 1.24 bits per heavy atom. The van der Waals surface area contributed by atoms with Crippen LogP contribution in [0.15, 0.2) is 0 Å². The highest BCUT2D eigenvalue weighted by Gasteiger charge is 2.39. The first kappa shape index (κ1) is 17.2. The molecule has 2 amide bonds. The van der Waals surface area contributed by atoms with Gasteiger partial charge >= 0.3 is 12.1 Å². The molecule has 0 spiro atoms. The standard InChI is InChI=1S/C13H23N3O5/c1-13(2,3)21-12(19)16-6-5-15(10(17)7-14)8-9(16)11(18)20-4/h9H,5-8,14H2,1-4H3/t9-/m0/s1. The Morgan fingerprint density at radius 3 is 2.33 bits per heavy atom. The van der Waals surface area contributed by atoms with E-state index in [1.165, 1.54) is 16.9 Å². The van der Waals surface area contributed by atoms with E-state index in [2.05, 4.69) is 0 Å². The van der Waals surface area contributed by atoms with Crippen LogP contribution in [0, 0.1) is 0 Å². The SMILES string of the molecule is COC(=O)[C@@H]1CN(C(=O)CN)CCN1C(=O)OC(C)(C)C. The maximum atomic E-state index is 12.2. The summed E-state index contributed by atoms with van der Waals surface area (Å²) in [4.78, 5) is 38.4. The van der Waals surface area contributed by atoms with E-state index < -0.39 is 23.7 Å². The van der Waals surface area contributed by atoms with Crippen molar-refractivity contribution in [2.75, 3.05) is 33.3 Å². The summed E-state index contributed by atoms with van der Waals surface area (Å²) in [5.41, 5.74) is 4.66. The van der Waals surface area contributed by atoms with Gasteiger partial charge in [0.05, 0.1) is 20.2 Å². The monoisotopic (exact) mass is 301 g/mol. The van der Waals surface area contributed by atoms with Gasteiger partial charge in [0.25, 0.3) is 0 Å². The maximum absolute atomic E-state index is 12.2. The van der Waals surface area contributed by atoms with Crippen LogP contribution in [0.3, 0.4) is 0 Å². The van der Waals surface area contributed by atoms with Crippen LogP contribution < -0.4 is 5.73 Å². The number of amides is 2. The third-order valence-corrected chi connectivity index (χ3v) is 3.01. The highest BCUT2D eigenvalue weighted by Crippen LogP contribution is 2.16. The summed E-state index contributed by atoms with van der Waals surface area (Å²) in [6.45, 7) is 5.65. The molecule has 1 fully saturated rings. The first-order valence-electron chi connectivity index (χ1n) is 6.75. The number of carbonyl (C=O) groups is 3. The Labute approximate surface area is 124 Å². The van der Waals surface area contributed by atoms with Crippen molar-refractivity contribution >= 4 is 18.0 Å². The van der Waals surface area contributed by atoms with Gasteiger partial charge in [0.15, 0.2) is 6.04 Å². The minimum Gasteiger partial charge on any atom is -0.467 e. The zero-order chi connectivity index (χ0) is 16.2. The van der Waals surface area contributed by atoms with Gasteiger partial charge in [-0.05, 0) is 20.8 Å². The zero-order valence-corrected chi connectivity index (χ0v) is 12.9. The molecule has 0 aromatic rings. The van der Waals surface area contributed by atoms with Crippen LogP contribution in [0.2, 0.25) is 0 Å². The van der Waals surface area contributed by atoms with E-state index in [0.717, 1.165) is 0 Å². The van der Waals surface area contributed by atoms with Crippen molar-refractivity contribution in [2.24, 2.45) is 5.73 Å². The van der Waals surface area contributed by atoms with E-state index in [0.29, 0.717) is 6.54 Å². The second-order valence-corrected chi connectivity index (χ2v) is 5.76. The van der Waals surface area contributed by atoms with Crippen molar-refractivity contribution in [3.05, 3.63) is 0 Å². The molecule has 0 aromatic heterocycles. The number of rotatable bonds is 2. The van der Waals surface area contributed by atoms with Crippen LogP contribution in [0.25, 0.3) is 0 Å². The highest BCUT2D eigenvalue weighted by molar-refractivity contribution is 5.84. The van der Waals surface area contributed by atoms with E-state index in [9.17, 15) is 14.4 Å². The highest BCUT2D eigenvalue weighted by atomic mass is 16.6. The predicted octanol–water partition coefficient (Wildman–Crippen LogP) is -0.434. The summed E-state index contributed by atoms with van der Waals surface area (Å²) in [6, 6.07) is -0.880. The lowest BCUT2D eigenvalue weighted by molar-refractivity contribution is -0.151. The van der Waals surface area contributed by atoms with Gasteiger partial charge in [-0.3, -0.25) is 9.69 Å². The Kier molecular flexibility index (Phi) is 5.54. The zero-order valence-electron chi connectivity index (χ0n) is 12.9. The van der Waals surface area contributed by atoms with E-state index in [-0.39, 0.29) is 25.5 Å². The van der Waals surface area contributed by atoms with Crippen molar-refractivity contribution in [1.29, 1.82) is 0 Å². The molecule has 0 radical (unpaired) electrons. The fourth-order valence-electron chi connectivity index (χ4n) is 2.02. The fourth-order valence-corrected chi connectivity index (χ4v) is 2.02. The number of nitrogens with zero attached hydrogens (tertiary/aromatic N) is 2. The minimum absolute atomic E-state index is 0.0575. The average Bonchev–Trinajstić information content (AvgIpc) is 2.43. The molecule has 0 saturated carbocycles. The summed E-state index contributed by atoms with van der Waals surface area (Å²) in [7, 11) is 1.24. The van der Waals surface area contributed by atoms with Crippen LogP contribution >= 0.6 is 0 Å². The van der Waals surface area contributed by atoms with Crippen LogP contribution in [0.4, 0.5) is 4.79 Å². The number of esters is 1. The van der Waals surface area contributed by atoms with Crippen molar-refractivity contribution in [3.8, 4) is 0 Å². The fraction of sp³-hybridized carbons (Fsp3) is 0.769. The summed E-state index contributed by atoms with van der Waals surface area (Å²) in [6.07, 6.45) is -0.599. The van der Waals surface area contributed by atoms with Gasteiger partial charge in [0.2, 0.25) is 5.91 Å². The first-order chi connectivity index (χ1) is 9.69. The molecule has 1 saturated heterocycles. The van der Waals surface area contributed by atoms with Crippen LogP contribution in [0.5, 0.6) is 0 Å². The largest absolute Gasteiger partial charge is 0.467 e. The van der Waals surface area contributed by atoms with Crippen LogP contribution in [0.1, 0.15) is 20.8 Å². The normalized spacial score (nSPS) is 19.2. The quantitative estimate of drug-likeness (QED) is 0.694. The van der Waals surface area contributed by atoms with Gasteiger partial charge < -0.3 is 20.1 Å². The summed E-state index contributed by atoms with van der Waals surface area (Å²) in [5, 5.41) is 0. The lowest BCUT2D eigenvalue weighted by Gasteiger charge is -2.40. The molecular formula is C13H23N3O5. The molecule has 1 atom stereocenters. The van der Waals surface area contributed by atoms with Crippen molar-refractivity contribution in [2.45, 2.75) is 32.4 Å². The van der Waals surface area contributed by atoms with Gasteiger partial charge in [-0.15, -0.1) is 0 Å². The molecule has 1 heterocycles. The van der Waals surface area contributed by atoms with E-state index in [4.69, 9.17) is 15.2 Å². The molecule has 0 aromatic carbocycles. The Hall–Kier alpha value is -1.83. The second-order valence-electron chi connectivity index (χ2n) is 5.76. The van der Waals surface area contributed by atoms with Crippen molar-refractivity contribution in [3.63, 3.8) is 0 Å². The Morgan fingerprint density at radius 2 is 1.86 bits per heavy atom. The van der Waals surface area contributed by atoms with E-state index in [1.807, 2.05) is 0 Å². The summed E-state index contributed by atoms with van der Waals surface area (Å²) >= 11 is 0. The number of nitrogens with two attached hydrogens (primary N) is 1. The third kappa shape index (κ3) is 4.59. The van der Waals surface area contributed by atoms with Gasteiger partial charge in [-0.1, -0.05) is 0 Å². The number of piperazine rings is 1. The number of methoxy groups -OCH3 is 1. The molecule has 0 unspecified atom stereocenters. The molecule has 0 bridgehead atoms. The number of hydrogen-bond acceptors (Lipinski definition) is 6. The summed E-state index contributed by atoms with van der Waals surface area (Å²) < 4.78 is 9.98. The molecule has 0 aliphatic carbocycles. The lowest BCUT2D eigenvalue weighted by atomic mass is 10.1. The van der Waals surface area contributed by atoms with Gasteiger partial charge in [-0.25, -0.2) is 9.59 Å². The Bertz CT molecular complexity index is 419. The third-order valence-electron chi connectivity index (χ3n) is 3.01. The van der Waals surface area contributed by atoms with Gasteiger partial charge in [0, 0.05) is 13.1 Å². The molecule has 1 aliphatic heterocycles. The molecular weight excluding hydrogens is 278 g/mol. The molecule has 2 N–H and O–H groups in total. The van der Waals surface area contributed by atoms with E-state index >= 15 is 0 Å². The Balaban J connectivity index is 2.86. The topological polar surface area (TPSA) is 102 Å². The second kappa shape index (κ2) is 6.75. The summed E-state index contributed by atoms with van der Waals surface area (Å²) in [5.74, 6) is -0.858. The molecule has 8 nitrogen and oxygen atoms in total. The minimum atomic E-state index is -0.880. The number of ether oxygens (including phenoxy) is 2. The average molecular weight is 301 g/mol. The van der Waals surface area contributed by atoms with Crippen LogP contribution in [-0.4, -0.2) is 72.7 Å². The molecule has 21 heavy (non-hydrogen) atoms. The smallest absolute Gasteiger partial charge is 0.411 e. The predicted molar refractivity (Wildman–Crippen MR) is 74.4 cm³/mol. The molecule has 120 valence electrons. The maximum Gasteiger partial charge on any atom is 0.411 e. The number of carbonyl (C=O) groups excluding carboxylic acids is 3. The van der Waals surface area contributed by atoms with Crippen LogP contribution in [-0.2, 0) is 19.1 Å². The number of hydrogen-bond donors (Lipinski definition) is 1. The molecule has 1 aliphatic rings. The lowest BCUT2D eigenvalue weighted by Crippen LogP contribution is -2.60. The van der Waals surface area contributed by atoms with Crippen molar-refractivity contribution in [1.82, 2.24) is 9.80 Å².